The zero-order chi connectivity index (χ0) is 13.2. The van der Waals surface area contributed by atoms with E-state index in [1.807, 2.05) is 5.38 Å². The molecule has 1 heterocycles. The Hall–Kier alpha value is -1.05. The van der Waals surface area contributed by atoms with Crippen molar-refractivity contribution in [2.24, 2.45) is 0 Å². The van der Waals surface area contributed by atoms with Gasteiger partial charge in [-0.1, -0.05) is 0 Å². The number of hydrogen-bond donors (Lipinski definition) is 1. The second-order valence-electron chi connectivity index (χ2n) is 3.71. The fourth-order valence-corrected chi connectivity index (χ4v) is 3.42. The Kier molecular flexibility index (Phi) is 3.94. The first-order valence-electron chi connectivity index (χ1n) is 5.08. The number of rotatable bonds is 4. The molecule has 2 aromatic rings. The molecule has 0 fully saturated rings. The van der Waals surface area contributed by atoms with Gasteiger partial charge < -0.3 is 5.73 Å². The second-order valence-corrected chi connectivity index (χ2v) is 7.66. The fraction of sp³-hybridized carbons (Fsp3) is 0.182. The highest BCUT2D eigenvalue weighted by Crippen LogP contribution is 2.25. The lowest BCUT2D eigenvalue weighted by molar-refractivity contribution is 0.602. The summed E-state index contributed by atoms with van der Waals surface area (Å²) in [5.74, 6) is 0.728. The van der Waals surface area contributed by atoms with Crippen LogP contribution in [0.2, 0.25) is 0 Å². The molecule has 0 saturated heterocycles. The second kappa shape index (κ2) is 5.29. The predicted molar refractivity (Wildman–Crippen MR) is 75.6 cm³/mol. The number of aromatic nitrogens is 1. The number of anilines is 1. The van der Waals surface area contributed by atoms with Crippen LogP contribution in [-0.4, -0.2) is 19.7 Å². The molecule has 0 amide bonds. The molecule has 1 aromatic carbocycles. The van der Waals surface area contributed by atoms with Crippen molar-refractivity contribution in [3.8, 4) is 0 Å². The molecule has 96 valence electrons. The van der Waals surface area contributed by atoms with Crippen LogP contribution in [-0.2, 0) is 15.6 Å². The molecule has 2 N–H and O–H groups in total. The van der Waals surface area contributed by atoms with Crippen molar-refractivity contribution in [2.45, 2.75) is 15.5 Å². The molecule has 0 saturated carbocycles. The van der Waals surface area contributed by atoms with E-state index in [0.717, 1.165) is 16.3 Å². The van der Waals surface area contributed by atoms with Crippen molar-refractivity contribution in [1.82, 2.24) is 4.98 Å². The average Bonchev–Trinajstić information content (AvgIpc) is 2.72. The first-order chi connectivity index (χ1) is 8.45. The summed E-state index contributed by atoms with van der Waals surface area (Å²) in [4.78, 5) is 5.51. The van der Waals surface area contributed by atoms with Crippen molar-refractivity contribution in [3.63, 3.8) is 0 Å². The van der Waals surface area contributed by atoms with E-state index in [1.165, 1.54) is 17.6 Å². The molecule has 0 spiro atoms. The van der Waals surface area contributed by atoms with Gasteiger partial charge in [0.05, 0.1) is 10.6 Å². The summed E-state index contributed by atoms with van der Waals surface area (Å²) in [6, 6.07) is 6.84. The average molecular weight is 300 g/mol. The van der Waals surface area contributed by atoms with Gasteiger partial charge in [0.25, 0.3) is 0 Å². The van der Waals surface area contributed by atoms with Gasteiger partial charge in [0.2, 0.25) is 0 Å². The molecule has 0 aliphatic rings. The summed E-state index contributed by atoms with van der Waals surface area (Å²) in [5.41, 5.74) is 6.49. The van der Waals surface area contributed by atoms with Gasteiger partial charge in [0.1, 0.15) is 0 Å². The highest BCUT2D eigenvalue weighted by atomic mass is 32.2. The monoisotopic (exact) mass is 300 g/mol. The molecule has 7 heteroatoms. The van der Waals surface area contributed by atoms with E-state index in [-0.39, 0.29) is 0 Å². The number of benzene rings is 1. The van der Waals surface area contributed by atoms with Gasteiger partial charge in [-0.25, -0.2) is 13.4 Å². The minimum Gasteiger partial charge on any atom is -0.375 e. The van der Waals surface area contributed by atoms with Crippen molar-refractivity contribution in [2.75, 3.05) is 12.0 Å². The van der Waals surface area contributed by atoms with E-state index in [4.69, 9.17) is 5.73 Å². The number of sulfone groups is 1. The minimum atomic E-state index is -3.12. The van der Waals surface area contributed by atoms with E-state index in [0.29, 0.717) is 10.0 Å². The maximum atomic E-state index is 11.3. The van der Waals surface area contributed by atoms with Gasteiger partial charge in [0, 0.05) is 22.3 Å². The van der Waals surface area contributed by atoms with E-state index in [2.05, 4.69) is 4.98 Å². The zero-order valence-electron chi connectivity index (χ0n) is 9.66. The van der Waals surface area contributed by atoms with Gasteiger partial charge >= 0.3 is 0 Å². The molecule has 4 nitrogen and oxygen atoms in total. The topological polar surface area (TPSA) is 73.0 Å². The molecule has 0 aliphatic heterocycles. The van der Waals surface area contributed by atoms with E-state index >= 15 is 0 Å². The fourth-order valence-electron chi connectivity index (χ4n) is 1.33. The third-order valence-electron chi connectivity index (χ3n) is 2.21. The summed E-state index contributed by atoms with van der Waals surface area (Å²) < 4.78 is 22.6. The predicted octanol–water partition coefficient (Wildman–Crippen LogP) is 2.42. The van der Waals surface area contributed by atoms with Crippen LogP contribution >= 0.6 is 23.1 Å². The molecule has 18 heavy (non-hydrogen) atoms. The Morgan fingerprint density at radius 3 is 2.50 bits per heavy atom. The lowest BCUT2D eigenvalue weighted by Crippen LogP contribution is -1.96. The van der Waals surface area contributed by atoms with Crippen LogP contribution in [0.25, 0.3) is 0 Å². The summed E-state index contributed by atoms with van der Waals surface area (Å²) in [7, 11) is -3.12. The van der Waals surface area contributed by atoms with Crippen molar-refractivity contribution in [3.05, 3.63) is 35.3 Å². The van der Waals surface area contributed by atoms with Crippen LogP contribution in [0, 0.1) is 0 Å². The van der Waals surface area contributed by atoms with Crippen molar-refractivity contribution >= 4 is 38.1 Å². The molecule has 2 rings (SSSR count). The van der Waals surface area contributed by atoms with E-state index < -0.39 is 9.84 Å². The number of hydrogen-bond acceptors (Lipinski definition) is 6. The van der Waals surface area contributed by atoms with Gasteiger partial charge in [-0.15, -0.1) is 23.1 Å². The Bertz CT molecular complexity index is 633. The highest BCUT2D eigenvalue weighted by molar-refractivity contribution is 7.98. The quantitative estimate of drug-likeness (QED) is 0.878. The summed E-state index contributed by atoms with van der Waals surface area (Å²) in [6.07, 6.45) is 1.20. The van der Waals surface area contributed by atoms with Gasteiger partial charge in [-0.2, -0.15) is 0 Å². The number of nitrogens with zero attached hydrogens (tertiary/aromatic N) is 1. The molecule has 0 radical (unpaired) electrons. The van der Waals surface area contributed by atoms with Gasteiger partial charge in [0.15, 0.2) is 15.0 Å². The Labute approximate surface area is 114 Å². The van der Waals surface area contributed by atoms with Crippen molar-refractivity contribution < 1.29 is 8.42 Å². The zero-order valence-corrected chi connectivity index (χ0v) is 12.1. The number of thioether (sulfide) groups is 1. The largest absolute Gasteiger partial charge is 0.375 e. The number of nitrogens with two attached hydrogens (primary N) is 1. The number of thiazole rings is 1. The minimum absolute atomic E-state index is 0.338. The lowest BCUT2D eigenvalue weighted by atomic mass is 10.4. The maximum absolute atomic E-state index is 11.3. The van der Waals surface area contributed by atoms with Crippen LogP contribution in [0.1, 0.15) is 5.69 Å². The van der Waals surface area contributed by atoms with Gasteiger partial charge in [-0.3, -0.25) is 0 Å². The maximum Gasteiger partial charge on any atom is 0.180 e. The summed E-state index contributed by atoms with van der Waals surface area (Å²) in [5, 5.41) is 2.49. The molecular formula is C11H12N2O2S3. The highest BCUT2D eigenvalue weighted by Gasteiger charge is 2.06. The smallest absolute Gasteiger partial charge is 0.180 e. The normalized spacial score (nSPS) is 11.6. The first kappa shape index (κ1) is 13.4. The third kappa shape index (κ3) is 3.47. The standard InChI is InChI=1S/C11H12N2O2S3/c1-18(14,15)10-4-2-9(3-5-10)16-6-8-7-17-11(12)13-8/h2-5,7H,6H2,1H3,(H2,12,13). The van der Waals surface area contributed by atoms with Gasteiger partial charge in [-0.05, 0) is 24.3 Å². The van der Waals surface area contributed by atoms with Crippen LogP contribution in [0.4, 0.5) is 5.13 Å². The molecule has 0 unspecified atom stereocenters. The molecule has 0 bridgehead atoms. The summed E-state index contributed by atoms with van der Waals surface area (Å²) >= 11 is 3.02. The summed E-state index contributed by atoms with van der Waals surface area (Å²) in [6.45, 7) is 0. The SMILES string of the molecule is CS(=O)(=O)c1ccc(SCc2csc(N)n2)cc1. The van der Waals surface area contributed by atoms with E-state index in [1.54, 1.807) is 36.0 Å². The molecule has 0 aliphatic carbocycles. The Morgan fingerprint density at radius 1 is 1.33 bits per heavy atom. The van der Waals surface area contributed by atoms with Crippen LogP contribution in [0.3, 0.4) is 0 Å². The van der Waals surface area contributed by atoms with Crippen LogP contribution < -0.4 is 5.73 Å². The lowest BCUT2D eigenvalue weighted by Gasteiger charge is -2.01. The van der Waals surface area contributed by atoms with Crippen molar-refractivity contribution in [1.29, 1.82) is 0 Å². The first-order valence-corrected chi connectivity index (χ1v) is 8.83. The Morgan fingerprint density at radius 2 is 2.00 bits per heavy atom. The van der Waals surface area contributed by atoms with Crippen LogP contribution in [0.5, 0.6) is 0 Å². The molecular weight excluding hydrogens is 288 g/mol. The Balaban J connectivity index is 2.03. The third-order valence-corrected chi connectivity index (χ3v) is 5.10. The van der Waals surface area contributed by atoms with Crippen LogP contribution in [0.15, 0.2) is 39.4 Å². The number of nitrogen functional groups attached to an aromatic ring is 1. The molecule has 1 aromatic heterocycles. The van der Waals surface area contributed by atoms with E-state index in [9.17, 15) is 8.42 Å². The molecule has 0 atom stereocenters.